The fraction of sp³-hybridized carbons (Fsp3) is 0.458. The van der Waals surface area contributed by atoms with Crippen LogP contribution in [0.3, 0.4) is 0 Å². The summed E-state index contributed by atoms with van der Waals surface area (Å²) in [5.41, 5.74) is 1.94. The molecule has 2 aromatic carbocycles. The van der Waals surface area contributed by atoms with Gasteiger partial charge >= 0.3 is 0 Å². The molecule has 0 unspecified atom stereocenters. The first-order chi connectivity index (χ1) is 15.2. The molecular formula is C24H30N2O5S. The Morgan fingerprint density at radius 3 is 2.56 bits per heavy atom. The predicted molar refractivity (Wildman–Crippen MR) is 124 cm³/mol. The summed E-state index contributed by atoms with van der Waals surface area (Å²) in [5, 5.41) is 3.12. The minimum Gasteiger partial charge on any atom is -0.487 e. The number of para-hydroxylation sites is 1. The fourth-order valence-electron chi connectivity index (χ4n) is 4.51. The first kappa shape index (κ1) is 22.5. The zero-order chi connectivity index (χ0) is 23.1. The molecule has 2 atom stereocenters. The lowest BCUT2D eigenvalue weighted by Crippen LogP contribution is -2.52. The molecule has 0 aromatic heterocycles. The Balaban J connectivity index is 1.62. The lowest BCUT2D eigenvalue weighted by atomic mass is 9.83. The monoisotopic (exact) mass is 458 g/mol. The van der Waals surface area contributed by atoms with Gasteiger partial charge in [-0.1, -0.05) is 38.1 Å². The van der Waals surface area contributed by atoms with Crippen molar-refractivity contribution in [3.63, 3.8) is 0 Å². The molecule has 0 fully saturated rings. The van der Waals surface area contributed by atoms with E-state index in [1.54, 1.807) is 12.1 Å². The van der Waals surface area contributed by atoms with Crippen molar-refractivity contribution in [2.24, 2.45) is 0 Å². The number of hydrogen-bond donors (Lipinski definition) is 1. The molecule has 4 rings (SSSR count). The molecule has 7 nitrogen and oxygen atoms in total. The van der Waals surface area contributed by atoms with Crippen molar-refractivity contribution >= 4 is 21.6 Å². The van der Waals surface area contributed by atoms with Gasteiger partial charge in [-0.3, -0.25) is 9.10 Å². The van der Waals surface area contributed by atoms with Crippen LogP contribution in [0.1, 0.15) is 50.3 Å². The molecule has 0 spiro atoms. The summed E-state index contributed by atoms with van der Waals surface area (Å²) in [7, 11) is -3.57. The van der Waals surface area contributed by atoms with E-state index in [1.807, 2.05) is 37.3 Å². The maximum atomic E-state index is 13.3. The van der Waals surface area contributed by atoms with Crippen molar-refractivity contribution < 1.29 is 22.7 Å². The molecular weight excluding hydrogens is 428 g/mol. The van der Waals surface area contributed by atoms with Crippen molar-refractivity contribution in [1.29, 1.82) is 0 Å². The van der Waals surface area contributed by atoms with E-state index in [2.05, 4.69) is 19.2 Å². The fourth-order valence-corrected chi connectivity index (χ4v) is 5.42. The number of aryl methyl sites for hydroxylation is 1. The predicted octanol–water partition coefficient (Wildman–Crippen LogP) is 3.72. The first-order valence-corrected chi connectivity index (χ1v) is 12.8. The summed E-state index contributed by atoms with van der Waals surface area (Å²) in [6.07, 6.45) is 2.47. The van der Waals surface area contributed by atoms with Crippen molar-refractivity contribution in [3.05, 3.63) is 53.6 Å². The summed E-state index contributed by atoms with van der Waals surface area (Å²) in [6.45, 7) is 6.00. The van der Waals surface area contributed by atoms with Gasteiger partial charge in [-0.05, 0) is 43.5 Å². The number of carbonyl (C=O) groups excluding carboxylic acids is 1. The molecule has 1 amide bonds. The van der Waals surface area contributed by atoms with Crippen LogP contribution >= 0.6 is 0 Å². The molecule has 2 aliphatic heterocycles. The molecule has 2 aromatic rings. The number of fused-ring (bicyclic) bond motifs is 2. The molecule has 0 aliphatic carbocycles. The summed E-state index contributed by atoms with van der Waals surface area (Å²) >= 11 is 0. The number of rotatable bonds is 5. The van der Waals surface area contributed by atoms with Crippen LogP contribution in [0, 0.1) is 6.92 Å². The van der Waals surface area contributed by atoms with Gasteiger partial charge in [0.1, 0.15) is 17.1 Å². The average Bonchev–Trinajstić information content (AvgIpc) is 2.77. The minimum atomic E-state index is -3.57. The molecule has 32 heavy (non-hydrogen) atoms. The van der Waals surface area contributed by atoms with Gasteiger partial charge < -0.3 is 14.8 Å². The van der Waals surface area contributed by atoms with Gasteiger partial charge in [0.15, 0.2) is 6.10 Å². The zero-order valence-electron chi connectivity index (χ0n) is 18.9. The van der Waals surface area contributed by atoms with E-state index < -0.39 is 16.1 Å². The highest BCUT2D eigenvalue weighted by Gasteiger charge is 2.41. The lowest BCUT2D eigenvalue weighted by molar-refractivity contribution is -0.129. The summed E-state index contributed by atoms with van der Waals surface area (Å²) in [6, 6.07) is 12.8. The van der Waals surface area contributed by atoms with Gasteiger partial charge in [0.25, 0.3) is 5.91 Å². The van der Waals surface area contributed by atoms with Gasteiger partial charge in [0.2, 0.25) is 10.0 Å². The third-order valence-corrected chi connectivity index (χ3v) is 7.63. The average molecular weight is 459 g/mol. The standard InChI is InChI=1S/C24H30N2O5S/c1-5-24(6-2)14-18(17-9-7-8-10-20(17)31-24)25-23(27)22-15-26(32(4,28)29)19-12-11-16(3)13-21(19)30-22/h7-13,18,22H,5-6,14-15H2,1-4H3,(H,25,27)/t18-,22-/m1/s1. The van der Waals surface area contributed by atoms with Crippen molar-refractivity contribution in [1.82, 2.24) is 5.32 Å². The number of amides is 1. The highest BCUT2D eigenvalue weighted by Crippen LogP contribution is 2.43. The SMILES string of the molecule is CCC1(CC)C[C@@H](NC(=O)[C@H]2CN(S(C)(=O)=O)c3ccc(C)cc3O2)c2ccccc2O1. The normalized spacial score (nSPS) is 21.6. The van der Waals surface area contributed by atoms with Crippen LogP contribution in [0.4, 0.5) is 5.69 Å². The second kappa shape index (κ2) is 8.31. The Morgan fingerprint density at radius 1 is 1.16 bits per heavy atom. The topological polar surface area (TPSA) is 84.9 Å². The molecule has 0 radical (unpaired) electrons. The van der Waals surface area contributed by atoms with E-state index in [9.17, 15) is 13.2 Å². The second-order valence-electron chi connectivity index (χ2n) is 8.67. The quantitative estimate of drug-likeness (QED) is 0.738. The maximum Gasteiger partial charge on any atom is 0.263 e. The highest BCUT2D eigenvalue weighted by molar-refractivity contribution is 7.92. The van der Waals surface area contributed by atoms with Crippen LogP contribution in [-0.4, -0.2) is 38.8 Å². The lowest BCUT2D eigenvalue weighted by Gasteiger charge is -2.42. The van der Waals surface area contributed by atoms with E-state index in [1.165, 1.54) is 4.31 Å². The number of benzene rings is 2. The van der Waals surface area contributed by atoms with Gasteiger partial charge in [0.05, 0.1) is 24.5 Å². The third kappa shape index (κ3) is 4.16. The molecule has 0 saturated carbocycles. The molecule has 0 bridgehead atoms. The smallest absolute Gasteiger partial charge is 0.263 e. The van der Waals surface area contributed by atoms with E-state index in [0.29, 0.717) is 17.9 Å². The number of nitrogens with one attached hydrogen (secondary N) is 1. The zero-order valence-corrected chi connectivity index (χ0v) is 19.7. The van der Waals surface area contributed by atoms with E-state index in [0.717, 1.165) is 36.0 Å². The second-order valence-corrected chi connectivity index (χ2v) is 10.6. The summed E-state index contributed by atoms with van der Waals surface area (Å²) in [5.74, 6) is 0.829. The molecule has 8 heteroatoms. The van der Waals surface area contributed by atoms with Crippen LogP contribution < -0.4 is 19.1 Å². The van der Waals surface area contributed by atoms with Crippen LogP contribution in [0.15, 0.2) is 42.5 Å². The maximum absolute atomic E-state index is 13.3. The van der Waals surface area contributed by atoms with E-state index >= 15 is 0 Å². The molecule has 172 valence electrons. The number of sulfonamides is 1. The van der Waals surface area contributed by atoms with Crippen molar-refractivity contribution in [3.8, 4) is 11.5 Å². The van der Waals surface area contributed by atoms with Gasteiger partial charge in [0, 0.05) is 12.0 Å². The number of hydrogen-bond acceptors (Lipinski definition) is 5. The van der Waals surface area contributed by atoms with Gasteiger partial charge in [-0.2, -0.15) is 0 Å². The van der Waals surface area contributed by atoms with Crippen molar-refractivity contribution in [2.45, 2.75) is 57.8 Å². The molecule has 1 N–H and O–H groups in total. The van der Waals surface area contributed by atoms with Crippen LogP contribution in [0.2, 0.25) is 0 Å². The number of anilines is 1. The first-order valence-electron chi connectivity index (χ1n) is 11.0. The Bertz CT molecular complexity index is 1130. The Hall–Kier alpha value is -2.74. The van der Waals surface area contributed by atoms with Crippen LogP contribution in [-0.2, 0) is 14.8 Å². The number of ether oxygens (including phenoxy) is 2. The number of nitrogens with zero attached hydrogens (tertiary/aromatic N) is 1. The van der Waals surface area contributed by atoms with Gasteiger partial charge in [-0.25, -0.2) is 8.42 Å². The van der Waals surface area contributed by atoms with Crippen molar-refractivity contribution in [2.75, 3.05) is 17.1 Å². The van der Waals surface area contributed by atoms with Crippen LogP contribution in [0.5, 0.6) is 11.5 Å². The Kier molecular flexibility index (Phi) is 5.83. The number of carbonyl (C=O) groups is 1. The van der Waals surface area contributed by atoms with E-state index in [-0.39, 0.29) is 24.1 Å². The third-order valence-electron chi connectivity index (χ3n) is 6.48. The molecule has 0 saturated heterocycles. The Morgan fingerprint density at radius 2 is 1.88 bits per heavy atom. The van der Waals surface area contributed by atoms with E-state index in [4.69, 9.17) is 9.47 Å². The Labute approximate surface area is 189 Å². The minimum absolute atomic E-state index is 0.0711. The molecule has 2 aliphatic rings. The van der Waals surface area contributed by atoms with Crippen LogP contribution in [0.25, 0.3) is 0 Å². The van der Waals surface area contributed by atoms with Gasteiger partial charge in [-0.15, -0.1) is 0 Å². The summed E-state index contributed by atoms with van der Waals surface area (Å²) in [4.78, 5) is 13.3. The largest absolute Gasteiger partial charge is 0.487 e. The molecule has 2 heterocycles. The highest BCUT2D eigenvalue weighted by atomic mass is 32.2. The summed E-state index contributed by atoms with van der Waals surface area (Å²) < 4.78 is 38.4.